The molecule has 1 amide bonds. The third-order valence-electron chi connectivity index (χ3n) is 4.64. The fourth-order valence-electron chi connectivity index (χ4n) is 3.16. The minimum atomic E-state index is 0.0567. The number of pyridine rings is 1. The van der Waals surface area contributed by atoms with Crippen LogP contribution in [0.1, 0.15) is 11.3 Å². The maximum Gasteiger partial charge on any atom is 0.231 e. The summed E-state index contributed by atoms with van der Waals surface area (Å²) < 4.78 is 10.6. The lowest BCUT2D eigenvalue weighted by Crippen LogP contribution is -2.28. The predicted molar refractivity (Wildman–Crippen MR) is 121 cm³/mol. The van der Waals surface area contributed by atoms with Crippen LogP contribution < -0.4 is 9.47 Å². The van der Waals surface area contributed by atoms with E-state index < -0.39 is 0 Å². The second-order valence-corrected chi connectivity index (χ2v) is 8.54. The van der Waals surface area contributed by atoms with Gasteiger partial charge in [0.1, 0.15) is 5.01 Å². The number of carbonyl (C=O) groups is 1. The van der Waals surface area contributed by atoms with Gasteiger partial charge in [0.2, 0.25) is 5.91 Å². The van der Waals surface area contributed by atoms with E-state index in [1.54, 1.807) is 49.7 Å². The Hall–Kier alpha value is -2.84. The Morgan fingerprint density at radius 2 is 2.10 bits per heavy atom. The van der Waals surface area contributed by atoms with Crippen LogP contribution in [0, 0.1) is 0 Å². The first-order valence-electron chi connectivity index (χ1n) is 9.39. The van der Waals surface area contributed by atoms with Gasteiger partial charge in [-0.25, -0.2) is 4.98 Å². The summed E-state index contributed by atoms with van der Waals surface area (Å²) >= 11 is 3.25. The molecule has 1 fully saturated rings. The highest BCUT2D eigenvalue weighted by atomic mass is 32.2. The van der Waals surface area contributed by atoms with Gasteiger partial charge < -0.3 is 14.4 Å². The number of amides is 1. The van der Waals surface area contributed by atoms with Crippen LogP contribution >= 0.6 is 23.1 Å². The summed E-state index contributed by atoms with van der Waals surface area (Å²) in [5, 5.41) is 3.86. The van der Waals surface area contributed by atoms with Crippen molar-refractivity contribution in [1.29, 1.82) is 0 Å². The largest absolute Gasteiger partial charge is 0.493 e. The first kappa shape index (κ1) is 20.4. The molecule has 0 bridgehead atoms. The predicted octanol–water partition coefficient (Wildman–Crippen LogP) is 4.34. The molecule has 30 heavy (non-hydrogen) atoms. The number of nitrogens with zero attached hydrogens (tertiary/aromatic N) is 3. The fraction of sp³-hybridized carbons (Fsp3) is 0.227. The van der Waals surface area contributed by atoms with Gasteiger partial charge in [-0.15, -0.1) is 23.1 Å². The molecule has 2 aromatic heterocycles. The normalized spacial score (nSPS) is 14.9. The average Bonchev–Trinajstić information content (AvgIpc) is 3.44. The van der Waals surface area contributed by atoms with Gasteiger partial charge in [-0.1, -0.05) is 6.07 Å². The summed E-state index contributed by atoms with van der Waals surface area (Å²) in [4.78, 5) is 23.6. The molecule has 8 heteroatoms. The molecule has 154 valence electrons. The van der Waals surface area contributed by atoms with Crippen LogP contribution in [0.4, 0.5) is 0 Å². The minimum absolute atomic E-state index is 0.0567. The molecule has 0 aliphatic carbocycles. The quantitative estimate of drug-likeness (QED) is 0.569. The zero-order chi connectivity index (χ0) is 20.9. The first-order valence-corrected chi connectivity index (χ1v) is 11.3. The summed E-state index contributed by atoms with van der Waals surface area (Å²) in [5.41, 5.74) is 2.74. The van der Waals surface area contributed by atoms with E-state index >= 15 is 0 Å². The van der Waals surface area contributed by atoms with Crippen LogP contribution in [0.2, 0.25) is 0 Å². The highest BCUT2D eigenvalue weighted by molar-refractivity contribution is 8.03. The van der Waals surface area contributed by atoms with E-state index in [2.05, 4.69) is 9.97 Å². The van der Waals surface area contributed by atoms with Crippen molar-refractivity contribution in [2.24, 2.45) is 0 Å². The van der Waals surface area contributed by atoms with Crippen molar-refractivity contribution in [3.05, 3.63) is 64.4 Å². The van der Waals surface area contributed by atoms with Crippen molar-refractivity contribution in [2.75, 3.05) is 26.5 Å². The smallest absolute Gasteiger partial charge is 0.231 e. The Bertz CT molecular complexity index is 1070. The molecule has 1 saturated heterocycles. The number of hydrogen-bond donors (Lipinski definition) is 0. The number of methoxy groups -OCH3 is 2. The van der Waals surface area contributed by atoms with Gasteiger partial charge in [0.05, 0.1) is 31.4 Å². The number of benzene rings is 1. The Morgan fingerprint density at radius 1 is 1.23 bits per heavy atom. The van der Waals surface area contributed by atoms with Crippen molar-refractivity contribution in [3.63, 3.8) is 0 Å². The number of rotatable bonds is 6. The van der Waals surface area contributed by atoms with Gasteiger partial charge in [-0.05, 0) is 35.9 Å². The van der Waals surface area contributed by atoms with Crippen molar-refractivity contribution in [1.82, 2.24) is 14.9 Å². The summed E-state index contributed by atoms with van der Waals surface area (Å²) in [7, 11) is 3.19. The second kappa shape index (κ2) is 9.32. The van der Waals surface area contributed by atoms with Gasteiger partial charge in [-0.3, -0.25) is 9.78 Å². The van der Waals surface area contributed by atoms with Gasteiger partial charge in [0, 0.05) is 35.6 Å². The third-order valence-corrected chi connectivity index (χ3v) is 6.57. The highest BCUT2D eigenvalue weighted by Crippen LogP contribution is 2.33. The first-order chi connectivity index (χ1) is 14.7. The molecule has 0 N–H and O–H groups in total. The van der Waals surface area contributed by atoms with E-state index in [9.17, 15) is 4.79 Å². The van der Waals surface area contributed by atoms with Gasteiger partial charge >= 0.3 is 0 Å². The van der Waals surface area contributed by atoms with Crippen LogP contribution in [0.5, 0.6) is 11.5 Å². The van der Waals surface area contributed by atoms with Crippen LogP contribution in [0.25, 0.3) is 16.6 Å². The number of aromatic nitrogens is 2. The summed E-state index contributed by atoms with van der Waals surface area (Å²) in [6.07, 6.45) is 5.84. The Balaban J connectivity index is 1.49. The van der Waals surface area contributed by atoms with E-state index in [-0.39, 0.29) is 5.91 Å². The van der Waals surface area contributed by atoms with Crippen molar-refractivity contribution < 1.29 is 14.3 Å². The average molecular weight is 440 g/mol. The van der Waals surface area contributed by atoms with Gasteiger partial charge in [0.15, 0.2) is 11.5 Å². The molecule has 1 aliphatic heterocycles. The van der Waals surface area contributed by atoms with Crippen molar-refractivity contribution >= 4 is 35.1 Å². The molecule has 0 saturated carbocycles. The molecule has 1 aliphatic rings. The fourth-order valence-corrected chi connectivity index (χ4v) is 4.96. The van der Waals surface area contributed by atoms with Crippen molar-refractivity contribution in [3.8, 4) is 22.1 Å². The number of ether oxygens (including phenoxy) is 2. The topological polar surface area (TPSA) is 64.5 Å². The number of thioether (sulfide) groups is 1. The zero-order valence-electron chi connectivity index (χ0n) is 16.7. The summed E-state index contributed by atoms with van der Waals surface area (Å²) in [6.45, 7) is 0.697. The third kappa shape index (κ3) is 4.49. The van der Waals surface area contributed by atoms with E-state index in [4.69, 9.17) is 9.47 Å². The SMILES string of the molecule is COc1ccc(CC(=O)N2CCS/C2=C/c2csc(-c3cccnc3)n2)cc1OC. The number of hydrogen-bond acceptors (Lipinski definition) is 7. The minimum Gasteiger partial charge on any atom is -0.493 e. The molecule has 4 rings (SSSR count). The van der Waals surface area contributed by atoms with Crippen LogP contribution in [0.3, 0.4) is 0 Å². The Morgan fingerprint density at radius 3 is 2.87 bits per heavy atom. The number of carbonyl (C=O) groups excluding carboxylic acids is 1. The van der Waals surface area contributed by atoms with Crippen LogP contribution in [0.15, 0.2) is 53.1 Å². The van der Waals surface area contributed by atoms with E-state index in [0.717, 1.165) is 32.6 Å². The Labute approximate surface area is 183 Å². The highest BCUT2D eigenvalue weighted by Gasteiger charge is 2.25. The maximum atomic E-state index is 13.0. The van der Waals surface area contributed by atoms with E-state index in [0.29, 0.717) is 24.5 Å². The molecule has 0 radical (unpaired) electrons. The lowest BCUT2D eigenvalue weighted by Gasteiger charge is -2.17. The molecule has 3 aromatic rings. The summed E-state index contributed by atoms with van der Waals surface area (Å²) in [5.74, 6) is 2.21. The lowest BCUT2D eigenvalue weighted by molar-refractivity contribution is -0.127. The summed E-state index contributed by atoms with van der Waals surface area (Å²) in [6, 6.07) is 9.46. The molecule has 6 nitrogen and oxygen atoms in total. The van der Waals surface area contributed by atoms with Gasteiger partial charge in [-0.2, -0.15) is 0 Å². The zero-order valence-corrected chi connectivity index (χ0v) is 18.3. The van der Waals surface area contributed by atoms with Gasteiger partial charge in [0.25, 0.3) is 0 Å². The van der Waals surface area contributed by atoms with E-state index in [1.165, 1.54) is 0 Å². The Kier molecular flexibility index (Phi) is 6.35. The maximum absolute atomic E-state index is 13.0. The van der Waals surface area contributed by atoms with Crippen LogP contribution in [-0.2, 0) is 11.2 Å². The molecule has 0 atom stereocenters. The molecule has 0 unspecified atom stereocenters. The molecular weight excluding hydrogens is 418 g/mol. The second-order valence-electron chi connectivity index (χ2n) is 6.56. The van der Waals surface area contributed by atoms with Crippen LogP contribution in [-0.4, -0.2) is 47.3 Å². The molecular formula is C22H21N3O3S2. The lowest BCUT2D eigenvalue weighted by atomic mass is 10.1. The monoisotopic (exact) mass is 439 g/mol. The number of thiazole rings is 1. The molecule has 3 heterocycles. The molecule has 0 spiro atoms. The molecule has 1 aromatic carbocycles. The van der Waals surface area contributed by atoms with E-state index in [1.807, 2.05) is 46.7 Å². The standard InChI is InChI=1S/C22H21N3O3S2/c1-27-18-6-5-15(10-19(18)28-2)11-20(26)25-8-9-29-21(25)12-17-14-30-22(24-17)16-4-3-7-23-13-16/h3-7,10,12-14H,8-9,11H2,1-2H3/b21-12+. The van der Waals surface area contributed by atoms with Crippen molar-refractivity contribution in [2.45, 2.75) is 6.42 Å².